The summed E-state index contributed by atoms with van der Waals surface area (Å²) in [5, 5.41) is 32.1. The molecule has 0 radical (unpaired) electrons. The highest BCUT2D eigenvalue weighted by molar-refractivity contribution is 5.99. The maximum atomic E-state index is 15.0. The minimum absolute atomic E-state index is 0.0165. The van der Waals surface area contributed by atoms with Crippen LogP contribution in [0.2, 0.25) is 0 Å². The molecule has 29 heteroatoms. The van der Waals surface area contributed by atoms with Crippen LogP contribution in [-0.4, -0.2) is 159 Å². The van der Waals surface area contributed by atoms with E-state index in [1.165, 1.54) is 12.5 Å². The summed E-state index contributed by atoms with van der Waals surface area (Å²) in [6.07, 6.45) is 5.88. The number of H-pyrrole nitrogens is 2. The second-order valence-electron chi connectivity index (χ2n) is 23.0. The van der Waals surface area contributed by atoms with Crippen LogP contribution in [0.25, 0.3) is 10.9 Å². The summed E-state index contributed by atoms with van der Waals surface area (Å²) in [7, 11) is 0. The van der Waals surface area contributed by atoms with Crippen LogP contribution in [0.3, 0.4) is 0 Å². The number of aromatic amines is 2. The predicted octanol–water partition coefficient (Wildman–Crippen LogP) is -0.925. The van der Waals surface area contributed by atoms with E-state index < -0.39 is 126 Å². The van der Waals surface area contributed by atoms with Gasteiger partial charge in [-0.05, 0) is 99.6 Å². The molecule has 0 fully saturated rings. The fourth-order valence-corrected chi connectivity index (χ4v) is 10.3. The van der Waals surface area contributed by atoms with Crippen molar-refractivity contribution in [3.05, 3.63) is 126 Å². The van der Waals surface area contributed by atoms with Crippen molar-refractivity contribution in [1.29, 1.82) is 0 Å². The van der Waals surface area contributed by atoms with Gasteiger partial charge in [-0.15, -0.1) is 0 Å². The van der Waals surface area contributed by atoms with Gasteiger partial charge in [0.2, 0.25) is 53.2 Å². The molecule has 504 valence electrons. The molecule has 93 heavy (non-hydrogen) atoms. The second-order valence-corrected chi connectivity index (χ2v) is 23.0. The van der Waals surface area contributed by atoms with E-state index >= 15 is 0 Å². The van der Waals surface area contributed by atoms with Crippen molar-refractivity contribution >= 4 is 76.0 Å². The smallest absolute Gasteiger partial charge is 0.303 e. The third-order valence-corrected chi connectivity index (χ3v) is 15.7. The molecule has 23 N–H and O–H groups in total. The Morgan fingerprint density at radius 3 is 1.51 bits per heavy atom. The number of nitrogens with one attached hydrogen (secondary N) is 10. The van der Waals surface area contributed by atoms with E-state index in [9.17, 15) is 53.1 Å². The van der Waals surface area contributed by atoms with E-state index in [1.807, 2.05) is 31.2 Å². The van der Waals surface area contributed by atoms with Crippen LogP contribution in [0.1, 0.15) is 107 Å². The highest BCUT2D eigenvalue weighted by Gasteiger charge is 2.37. The zero-order valence-electron chi connectivity index (χ0n) is 52.7. The van der Waals surface area contributed by atoms with Gasteiger partial charge in [0.15, 0.2) is 5.96 Å². The van der Waals surface area contributed by atoms with Gasteiger partial charge >= 0.3 is 5.97 Å². The maximum Gasteiger partial charge on any atom is 0.303 e. The van der Waals surface area contributed by atoms with Crippen LogP contribution in [0, 0.1) is 5.92 Å². The zero-order chi connectivity index (χ0) is 67.8. The summed E-state index contributed by atoms with van der Waals surface area (Å²) < 4.78 is 0. The average molecular weight is 1290 g/mol. The molecule has 0 aliphatic rings. The molecular weight excluding hydrogens is 1200 g/mol. The van der Waals surface area contributed by atoms with Crippen LogP contribution in [0.15, 0.2) is 109 Å². The molecule has 0 bridgehead atoms. The van der Waals surface area contributed by atoms with Gasteiger partial charge in [0.1, 0.15) is 48.3 Å². The Morgan fingerprint density at radius 2 is 1.00 bits per heavy atom. The lowest BCUT2D eigenvalue weighted by atomic mass is 9.96. The number of aliphatic imine (C=N–C) groups is 1. The van der Waals surface area contributed by atoms with Gasteiger partial charge in [0.25, 0.3) is 0 Å². The zero-order valence-corrected chi connectivity index (χ0v) is 52.7. The predicted molar refractivity (Wildman–Crippen MR) is 349 cm³/mol. The molecule has 0 unspecified atom stereocenters. The van der Waals surface area contributed by atoms with Gasteiger partial charge in [-0.3, -0.25) is 52.9 Å². The fourth-order valence-electron chi connectivity index (χ4n) is 10.3. The number of carbonyl (C=O) groups excluding carboxylic acids is 9. The number of amides is 9. The number of carbonyl (C=O) groups is 10. The lowest BCUT2D eigenvalue weighted by Gasteiger charge is -2.30. The third kappa shape index (κ3) is 25.1. The van der Waals surface area contributed by atoms with Gasteiger partial charge in [0, 0.05) is 67.6 Å². The van der Waals surface area contributed by atoms with Gasteiger partial charge in [-0.2, -0.15) is 0 Å². The van der Waals surface area contributed by atoms with Crippen LogP contribution in [0.5, 0.6) is 0 Å². The van der Waals surface area contributed by atoms with Crippen LogP contribution in [-0.2, 0) is 73.6 Å². The highest BCUT2D eigenvalue weighted by Crippen LogP contribution is 2.20. The maximum absolute atomic E-state index is 15.0. The summed E-state index contributed by atoms with van der Waals surface area (Å²) >= 11 is 0. The summed E-state index contributed by atoms with van der Waals surface area (Å²) in [6.45, 7) is 4.26. The van der Waals surface area contributed by atoms with Crippen LogP contribution < -0.4 is 76.9 Å². The van der Waals surface area contributed by atoms with E-state index in [0.717, 1.165) is 10.9 Å². The first-order valence-corrected chi connectivity index (χ1v) is 31.4. The number of rotatable bonds is 42. The number of fused-ring (bicyclic) bond motifs is 1. The standard InChI is InChI=1S/C64H92N18O11/c1-3-38(2)54(82-62(92)50(32-40-19-8-5-9-20-40)79-60(90)51(33-41-35-73-45-23-11-10-21-43(41)45)78-56(86)44(67)22-16-30-72-64(69)70)63(93)81-49(31-39-17-6-4-7-18-39)59(89)80-52(34-42-36-71-37-74-42)61(91)77-48(25-13-15-29-66)58(88)76-47(24-12-14-28-65)57(87)75-46(55(68)85)26-27-53(83)84/h4-11,17-21,23,35-38,44,46-52,54,73H,3,12-16,22,24-34,65-67H2,1-2H3,(H2,68,85)(H,71,74)(H,75,87)(H,76,88)(H,77,91)(H,78,86)(H,79,90)(H,80,89)(H,81,93)(H,82,92)(H,83,84)(H4,69,70,72)/t38-,44-,46-,47-,48-,49+,50+,51+,52-,54-/m0/s1. The first kappa shape index (κ1) is 74.0. The molecule has 2 heterocycles. The van der Waals surface area contributed by atoms with Gasteiger partial charge in [0.05, 0.1) is 12.4 Å². The average Bonchev–Trinajstić information content (AvgIpc) is 1.81. The molecule has 3 aromatic carbocycles. The number of nitrogens with two attached hydrogens (primary N) is 6. The number of carboxylic acids is 1. The second kappa shape index (κ2) is 38.8. The van der Waals surface area contributed by atoms with E-state index in [1.54, 1.807) is 73.8 Å². The Morgan fingerprint density at radius 1 is 0.527 bits per heavy atom. The van der Waals surface area contributed by atoms with E-state index in [2.05, 4.69) is 62.5 Å². The fraction of sp³-hybridized carbons (Fsp3) is 0.469. The minimum Gasteiger partial charge on any atom is -0.481 e. The summed E-state index contributed by atoms with van der Waals surface area (Å²) in [4.78, 5) is 154. The number of nitrogens with zero attached hydrogens (tertiary/aromatic N) is 2. The molecule has 29 nitrogen and oxygen atoms in total. The lowest BCUT2D eigenvalue weighted by molar-refractivity contribution is -0.138. The van der Waals surface area contributed by atoms with Crippen molar-refractivity contribution in [2.75, 3.05) is 19.6 Å². The number of benzene rings is 3. The number of guanidine groups is 1. The van der Waals surface area contributed by atoms with Crippen molar-refractivity contribution in [2.45, 2.75) is 165 Å². The molecule has 5 rings (SSSR count). The molecule has 0 saturated heterocycles. The largest absolute Gasteiger partial charge is 0.481 e. The van der Waals surface area contributed by atoms with E-state index in [4.69, 9.17) is 34.4 Å². The van der Waals surface area contributed by atoms with Crippen molar-refractivity contribution in [3.63, 3.8) is 0 Å². The van der Waals surface area contributed by atoms with E-state index in [-0.39, 0.29) is 77.0 Å². The monoisotopic (exact) mass is 1290 g/mol. The van der Waals surface area contributed by atoms with E-state index in [0.29, 0.717) is 60.9 Å². The molecular formula is C64H92N18O11. The third-order valence-electron chi connectivity index (χ3n) is 15.7. The Hall–Kier alpha value is -9.74. The minimum atomic E-state index is -1.45. The summed E-state index contributed by atoms with van der Waals surface area (Å²) in [5.74, 6) is -9.13. The molecule has 10 atom stereocenters. The lowest BCUT2D eigenvalue weighted by Crippen LogP contribution is -2.62. The summed E-state index contributed by atoms with van der Waals surface area (Å²) in [5.41, 5.74) is 37.5. The Labute approximate surface area is 540 Å². The molecule has 0 saturated carbocycles. The first-order chi connectivity index (χ1) is 44.6. The number of aliphatic carboxylic acids is 1. The van der Waals surface area contributed by atoms with Crippen molar-refractivity contribution in [2.24, 2.45) is 45.3 Å². The van der Waals surface area contributed by atoms with Crippen molar-refractivity contribution < 1.29 is 53.1 Å². The quantitative estimate of drug-likeness (QED) is 0.0128. The normalized spacial score (nSPS) is 14.4. The number of aromatic nitrogens is 3. The van der Waals surface area contributed by atoms with Crippen LogP contribution in [0.4, 0.5) is 0 Å². The summed E-state index contributed by atoms with van der Waals surface area (Å²) in [6, 6.07) is 13.1. The topological polar surface area (TPSA) is 500 Å². The number of unbranched alkanes of at least 4 members (excludes halogenated alkanes) is 2. The van der Waals surface area contributed by atoms with Crippen molar-refractivity contribution in [3.8, 4) is 0 Å². The molecule has 0 aliphatic heterocycles. The number of hydrogen-bond donors (Lipinski definition) is 17. The Bertz CT molecular complexity index is 3250. The number of primary amides is 1. The van der Waals surface area contributed by atoms with Gasteiger partial charge in [-0.1, -0.05) is 99.1 Å². The molecule has 0 aliphatic carbocycles. The number of imidazole rings is 1. The van der Waals surface area contributed by atoms with Crippen LogP contribution >= 0.6 is 0 Å². The van der Waals surface area contributed by atoms with Crippen molar-refractivity contribution in [1.82, 2.24) is 57.5 Å². The SMILES string of the molecule is CC[C@H](C)[C@H](NC(=O)[C@@H](Cc1ccccc1)NC(=O)[C@@H](Cc1c[nH]c2ccccc12)NC(=O)[C@@H](N)CCCN=C(N)N)C(=O)N[C@H](Cc1ccccc1)C(=O)N[C@@H](Cc1cnc[nH]1)C(=O)N[C@@H](CCCCN)C(=O)N[C@@H](CCCCN)C(=O)N[C@@H](CCC(=O)O)C(N)=O. The highest BCUT2D eigenvalue weighted by atomic mass is 16.4. The molecule has 9 amide bonds. The Balaban J connectivity index is 1.43. The molecule has 2 aromatic heterocycles. The number of carboxylic acid groups (broad SMARTS) is 1. The van der Waals surface area contributed by atoms with Gasteiger partial charge < -0.3 is 92.0 Å². The molecule has 5 aromatic rings. The Kier molecular flexibility index (Phi) is 30.9. The molecule has 0 spiro atoms. The first-order valence-electron chi connectivity index (χ1n) is 31.4. The van der Waals surface area contributed by atoms with Gasteiger partial charge in [-0.25, -0.2) is 4.98 Å². The number of para-hydroxylation sites is 1. The number of hydrogen-bond acceptors (Lipinski definition) is 15.